The predicted molar refractivity (Wildman–Crippen MR) is 124 cm³/mol. The third-order valence-electron chi connectivity index (χ3n) is 5.98. The Morgan fingerprint density at radius 2 is 2.00 bits per heavy atom. The van der Waals surface area contributed by atoms with Gasteiger partial charge in [-0.3, -0.25) is 14.6 Å². The number of hydrogen-bond acceptors (Lipinski definition) is 4. The standard InChI is InChI=1S/C25H25ClN4O2/c1-16-8-22(26)12-20(24(16)29-25(32)21-10-19(13-27)14-28-15-21)9-18-4-6-30(7-5-18)23(31)11-17-2-3-17/h8-10,12,14-15,17H,2-7,11H2,1H3,(H,29,32). The van der Waals surface area contributed by atoms with Gasteiger partial charge in [-0.05, 0) is 67.9 Å². The summed E-state index contributed by atoms with van der Waals surface area (Å²) >= 11 is 6.31. The van der Waals surface area contributed by atoms with Crippen LogP contribution in [0.2, 0.25) is 5.02 Å². The van der Waals surface area contributed by atoms with Crippen molar-refractivity contribution in [1.82, 2.24) is 9.88 Å². The summed E-state index contributed by atoms with van der Waals surface area (Å²) in [6.07, 6.45) is 9.60. The van der Waals surface area contributed by atoms with Crippen molar-refractivity contribution in [2.24, 2.45) is 5.92 Å². The van der Waals surface area contributed by atoms with Crippen molar-refractivity contribution in [1.29, 1.82) is 5.26 Å². The molecule has 0 atom stereocenters. The number of halogens is 1. The second kappa shape index (κ2) is 9.54. The molecule has 1 N–H and O–H groups in total. The topological polar surface area (TPSA) is 86.1 Å². The van der Waals surface area contributed by atoms with Gasteiger partial charge in [0.1, 0.15) is 6.07 Å². The molecule has 1 aromatic carbocycles. The Bertz CT molecular complexity index is 1120. The molecule has 1 saturated heterocycles. The molecule has 1 aliphatic heterocycles. The first-order valence-electron chi connectivity index (χ1n) is 10.9. The molecule has 7 heteroatoms. The minimum atomic E-state index is -0.333. The van der Waals surface area contributed by atoms with Crippen LogP contribution in [0.25, 0.3) is 6.08 Å². The van der Waals surface area contributed by atoms with Gasteiger partial charge in [0.2, 0.25) is 5.91 Å². The first-order chi connectivity index (χ1) is 15.4. The SMILES string of the molecule is Cc1cc(Cl)cc(C=C2CCN(C(=O)CC3CC3)CC2)c1NC(=O)c1cncc(C#N)c1. The Balaban J connectivity index is 1.51. The summed E-state index contributed by atoms with van der Waals surface area (Å²) < 4.78 is 0. The van der Waals surface area contributed by atoms with Gasteiger partial charge in [0.25, 0.3) is 5.91 Å². The fraction of sp³-hybridized carbons (Fsp3) is 0.360. The third-order valence-corrected chi connectivity index (χ3v) is 6.20. The molecule has 1 saturated carbocycles. The molecule has 0 radical (unpaired) electrons. The van der Waals surface area contributed by atoms with Crippen LogP contribution in [0.4, 0.5) is 5.69 Å². The summed E-state index contributed by atoms with van der Waals surface area (Å²) in [5, 5.41) is 12.6. The number of carbonyl (C=O) groups excluding carboxylic acids is 2. The molecule has 2 aliphatic rings. The number of nitrogens with zero attached hydrogens (tertiary/aromatic N) is 3. The molecular weight excluding hydrogens is 424 g/mol. The van der Waals surface area contributed by atoms with Crippen LogP contribution >= 0.6 is 11.6 Å². The van der Waals surface area contributed by atoms with Crippen LogP contribution in [0.3, 0.4) is 0 Å². The van der Waals surface area contributed by atoms with Crippen LogP contribution in [0.1, 0.15) is 59.2 Å². The van der Waals surface area contributed by atoms with E-state index >= 15 is 0 Å². The first kappa shape index (κ1) is 22.0. The van der Waals surface area contributed by atoms with Crippen molar-refractivity contribution in [2.45, 2.75) is 39.0 Å². The van der Waals surface area contributed by atoms with Crippen LogP contribution < -0.4 is 5.32 Å². The highest BCUT2D eigenvalue weighted by molar-refractivity contribution is 6.31. The number of nitriles is 1. The summed E-state index contributed by atoms with van der Waals surface area (Å²) in [6.45, 7) is 3.35. The maximum atomic E-state index is 12.8. The van der Waals surface area contributed by atoms with Crippen LogP contribution in [0.5, 0.6) is 0 Å². The van der Waals surface area contributed by atoms with E-state index in [2.05, 4.69) is 16.4 Å². The van der Waals surface area contributed by atoms with Crippen molar-refractivity contribution >= 4 is 35.2 Å². The highest BCUT2D eigenvalue weighted by atomic mass is 35.5. The second-order valence-electron chi connectivity index (χ2n) is 8.55. The normalized spacial score (nSPS) is 15.8. The average molecular weight is 449 g/mol. The van der Waals surface area contributed by atoms with Crippen molar-refractivity contribution in [3.63, 3.8) is 0 Å². The van der Waals surface area contributed by atoms with E-state index < -0.39 is 0 Å². The highest BCUT2D eigenvalue weighted by Crippen LogP contribution is 2.34. The van der Waals surface area contributed by atoms with E-state index in [0.717, 1.165) is 37.1 Å². The Kier molecular flexibility index (Phi) is 6.57. The Labute approximate surface area is 192 Å². The molecule has 1 aromatic heterocycles. The lowest BCUT2D eigenvalue weighted by molar-refractivity contribution is -0.132. The van der Waals surface area contributed by atoms with E-state index in [1.165, 1.54) is 36.9 Å². The monoisotopic (exact) mass is 448 g/mol. The number of benzene rings is 1. The summed E-state index contributed by atoms with van der Waals surface area (Å²) in [7, 11) is 0. The van der Waals surface area contributed by atoms with E-state index in [4.69, 9.17) is 16.9 Å². The molecule has 0 unspecified atom stereocenters. The molecular formula is C25H25ClN4O2. The number of aromatic nitrogens is 1. The van der Waals surface area contributed by atoms with Crippen molar-refractivity contribution in [3.05, 3.63) is 63.4 Å². The Morgan fingerprint density at radius 1 is 1.25 bits per heavy atom. The molecule has 0 bridgehead atoms. The van der Waals surface area contributed by atoms with E-state index in [1.807, 2.05) is 30.0 Å². The predicted octanol–water partition coefficient (Wildman–Crippen LogP) is 4.97. The molecule has 32 heavy (non-hydrogen) atoms. The molecule has 2 amide bonds. The van der Waals surface area contributed by atoms with Crippen LogP contribution in [-0.2, 0) is 4.79 Å². The lowest BCUT2D eigenvalue weighted by atomic mass is 9.98. The zero-order valence-electron chi connectivity index (χ0n) is 18.0. The zero-order chi connectivity index (χ0) is 22.7. The fourth-order valence-corrected chi connectivity index (χ4v) is 4.25. The van der Waals surface area contributed by atoms with Gasteiger partial charge in [-0.25, -0.2) is 0 Å². The number of hydrogen-bond donors (Lipinski definition) is 1. The van der Waals surface area contributed by atoms with Gasteiger partial charge >= 0.3 is 0 Å². The van der Waals surface area contributed by atoms with E-state index in [-0.39, 0.29) is 11.8 Å². The van der Waals surface area contributed by atoms with Gasteiger partial charge in [-0.15, -0.1) is 0 Å². The lowest BCUT2D eigenvalue weighted by Gasteiger charge is -2.29. The van der Waals surface area contributed by atoms with Gasteiger partial charge in [-0.1, -0.05) is 23.3 Å². The fourth-order valence-electron chi connectivity index (χ4n) is 3.97. The van der Waals surface area contributed by atoms with Gasteiger partial charge in [0, 0.05) is 36.9 Å². The van der Waals surface area contributed by atoms with E-state index in [0.29, 0.717) is 34.2 Å². The number of amides is 2. The molecule has 2 fully saturated rings. The molecule has 164 valence electrons. The van der Waals surface area contributed by atoms with Gasteiger partial charge in [0.05, 0.1) is 16.8 Å². The van der Waals surface area contributed by atoms with Crippen molar-refractivity contribution < 1.29 is 9.59 Å². The maximum Gasteiger partial charge on any atom is 0.257 e. The lowest BCUT2D eigenvalue weighted by Crippen LogP contribution is -2.36. The van der Waals surface area contributed by atoms with Crippen molar-refractivity contribution in [3.8, 4) is 6.07 Å². The zero-order valence-corrected chi connectivity index (χ0v) is 18.8. The van der Waals surface area contributed by atoms with Gasteiger partial charge in [0.15, 0.2) is 0 Å². The minimum absolute atomic E-state index is 0.270. The van der Waals surface area contributed by atoms with Gasteiger partial charge < -0.3 is 10.2 Å². The quantitative estimate of drug-likeness (QED) is 0.699. The maximum absolute atomic E-state index is 12.8. The Hall–Kier alpha value is -3.17. The first-order valence-corrected chi connectivity index (χ1v) is 11.2. The number of aryl methyl sites for hydroxylation is 1. The third kappa shape index (κ3) is 5.35. The second-order valence-corrected chi connectivity index (χ2v) is 8.98. The smallest absolute Gasteiger partial charge is 0.257 e. The summed E-state index contributed by atoms with van der Waals surface area (Å²) in [5.41, 5.74) is 4.24. The summed E-state index contributed by atoms with van der Waals surface area (Å²) in [4.78, 5) is 31.1. The summed E-state index contributed by atoms with van der Waals surface area (Å²) in [5.74, 6) is 0.538. The Morgan fingerprint density at radius 3 is 2.69 bits per heavy atom. The molecule has 4 rings (SSSR count). The number of rotatable bonds is 5. The summed E-state index contributed by atoms with van der Waals surface area (Å²) in [6, 6.07) is 7.16. The van der Waals surface area contributed by atoms with Crippen LogP contribution in [-0.4, -0.2) is 34.8 Å². The molecule has 2 heterocycles. The molecule has 0 spiro atoms. The minimum Gasteiger partial charge on any atom is -0.342 e. The molecule has 6 nitrogen and oxygen atoms in total. The van der Waals surface area contributed by atoms with Crippen LogP contribution in [0, 0.1) is 24.2 Å². The van der Waals surface area contributed by atoms with Gasteiger partial charge in [-0.2, -0.15) is 5.26 Å². The molecule has 2 aromatic rings. The number of piperidine rings is 1. The van der Waals surface area contributed by atoms with E-state index in [1.54, 1.807) is 0 Å². The number of pyridine rings is 1. The highest BCUT2D eigenvalue weighted by Gasteiger charge is 2.28. The number of nitrogens with one attached hydrogen (secondary N) is 1. The largest absolute Gasteiger partial charge is 0.342 e. The number of anilines is 1. The van der Waals surface area contributed by atoms with Crippen LogP contribution in [0.15, 0.2) is 36.2 Å². The number of likely N-dealkylation sites (tertiary alicyclic amines) is 1. The van der Waals surface area contributed by atoms with E-state index in [9.17, 15) is 9.59 Å². The van der Waals surface area contributed by atoms with Crippen molar-refractivity contribution in [2.75, 3.05) is 18.4 Å². The molecule has 1 aliphatic carbocycles. The number of carbonyl (C=O) groups is 2. The average Bonchev–Trinajstić information content (AvgIpc) is 3.60.